The number of rotatable bonds is 6. The van der Waals surface area contributed by atoms with Crippen LogP contribution in [0.2, 0.25) is 0 Å². The first-order valence-electron chi connectivity index (χ1n) is 18.1. The van der Waals surface area contributed by atoms with Gasteiger partial charge in [0.25, 0.3) is 5.91 Å². The lowest BCUT2D eigenvalue weighted by molar-refractivity contribution is -0.154. The number of hydrogen-bond acceptors (Lipinski definition) is 13. The maximum atomic E-state index is 13.9. The molecule has 18 heteroatoms. The second-order valence-electron chi connectivity index (χ2n) is 13.9. The van der Waals surface area contributed by atoms with E-state index in [1.54, 1.807) is 27.7 Å². The van der Waals surface area contributed by atoms with Gasteiger partial charge in [0.1, 0.15) is 17.1 Å². The monoisotopic (exact) mass is 773 g/mol. The van der Waals surface area contributed by atoms with E-state index in [1.807, 2.05) is 24.3 Å². The Morgan fingerprint density at radius 1 is 0.927 bits per heavy atom. The quantitative estimate of drug-likeness (QED) is 0.248. The van der Waals surface area contributed by atoms with Crippen LogP contribution >= 0.6 is 0 Å². The molecule has 3 N–H and O–H groups in total. The van der Waals surface area contributed by atoms with Gasteiger partial charge in [0.2, 0.25) is 11.9 Å². The van der Waals surface area contributed by atoms with Crippen LogP contribution in [-0.2, 0) is 20.8 Å². The van der Waals surface area contributed by atoms with E-state index in [2.05, 4.69) is 30.9 Å². The van der Waals surface area contributed by atoms with Gasteiger partial charge in [0.05, 0.1) is 37.3 Å². The molecule has 0 radical (unpaired) electrons. The molecule has 55 heavy (non-hydrogen) atoms. The zero-order chi connectivity index (χ0) is 39.6. The Morgan fingerprint density at radius 3 is 2.33 bits per heavy atom. The Balaban J connectivity index is 1.41. The molecule has 3 aliphatic heterocycles. The van der Waals surface area contributed by atoms with Crippen molar-refractivity contribution < 1.29 is 51.2 Å². The van der Waals surface area contributed by atoms with Crippen LogP contribution in [0.4, 0.5) is 35.5 Å². The number of halogens is 3. The van der Waals surface area contributed by atoms with Crippen LogP contribution < -0.4 is 30.2 Å². The van der Waals surface area contributed by atoms with Crippen molar-refractivity contribution in [2.45, 2.75) is 77.7 Å². The normalized spacial score (nSPS) is 18.0. The highest BCUT2D eigenvalue weighted by Gasteiger charge is 2.43. The van der Waals surface area contributed by atoms with Crippen LogP contribution in [0.1, 0.15) is 69.3 Å². The summed E-state index contributed by atoms with van der Waals surface area (Å²) < 4.78 is 66.7. The predicted molar refractivity (Wildman–Crippen MR) is 194 cm³/mol. The minimum Gasteiger partial charge on any atom is -0.494 e. The van der Waals surface area contributed by atoms with Crippen LogP contribution in [0.15, 0.2) is 42.5 Å². The minimum absolute atomic E-state index is 0.00278. The first-order valence-corrected chi connectivity index (χ1v) is 18.1. The number of ether oxygens (including phenoxy) is 5. The number of esters is 1. The van der Waals surface area contributed by atoms with Crippen molar-refractivity contribution in [3.05, 3.63) is 53.6 Å². The third-order valence-corrected chi connectivity index (χ3v) is 8.28. The van der Waals surface area contributed by atoms with Gasteiger partial charge in [0.15, 0.2) is 6.61 Å². The molecule has 2 aromatic carbocycles. The van der Waals surface area contributed by atoms with Gasteiger partial charge in [-0.3, -0.25) is 9.59 Å². The second-order valence-corrected chi connectivity index (χ2v) is 13.9. The number of likely N-dealkylation sites (tertiary alicyclic amines) is 1. The first-order chi connectivity index (χ1) is 26.2. The van der Waals surface area contributed by atoms with Crippen molar-refractivity contribution in [2.24, 2.45) is 5.92 Å². The summed E-state index contributed by atoms with van der Waals surface area (Å²) >= 11 is 0. The molecule has 0 aliphatic carbocycles. The molecule has 2 atom stereocenters. The minimum atomic E-state index is -4.63. The van der Waals surface area contributed by atoms with Gasteiger partial charge in [-0.05, 0) is 83.2 Å². The topological polar surface area (TPSA) is 175 Å². The van der Waals surface area contributed by atoms with E-state index < -0.39 is 54.3 Å². The summed E-state index contributed by atoms with van der Waals surface area (Å²) in [7, 11) is 0. The number of amides is 2. The molecule has 0 saturated carbocycles. The van der Waals surface area contributed by atoms with Gasteiger partial charge < -0.3 is 44.5 Å². The fourth-order valence-corrected chi connectivity index (χ4v) is 5.71. The Morgan fingerprint density at radius 2 is 1.64 bits per heavy atom. The molecular weight excluding hydrogens is 727 g/mol. The first kappa shape index (κ1) is 40.6. The molecular formula is C37H46F3N7O8. The van der Waals surface area contributed by atoms with Crippen LogP contribution in [0.3, 0.4) is 0 Å². The Bertz CT molecular complexity index is 1790. The molecule has 4 heterocycles. The van der Waals surface area contributed by atoms with E-state index >= 15 is 0 Å². The summed E-state index contributed by atoms with van der Waals surface area (Å²) in [4.78, 5) is 53.4. The van der Waals surface area contributed by atoms with E-state index in [4.69, 9.17) is 23.7 Å². The van der Waals surface area contributed by atoms with E-state index in [9.17, 15) is 27.6 Å². The van der Waals surface area contributed by atoms with Gasteiger partial charge in [-0.15, -0.1) is 0 Å². The van der Waals surface area contributed by atoms with Crippen molar-refractivity contribution >= 4 is 35.6 Å². The third-order valence-electron chi connectivity index (χ3n) is 8.28. The number of nitrogens with zero attached hydrogens (tertiary/aromatic N) is 4. The van der Waals surface area contributed by atoms with Crippen LogP contribution in [0.5, 0.6) is 17.5 Å². The largest absolute Gasteiger partial charge is 0.494 e. The Hall–Kier alpha value is -5.55. The number of alkyl halides is 3. The van der Waals surface area contributed by atoms with Gasteiger partial charge in [0, 0.05) is 31.4 Å². The van der Waals surface area contributed by atoms with Crippen molar-refractivity contribution in [3.63, 3.8) is 0 Å². The maximum Gasteiger partial charge on any atom is 0.422 e. The summed E-state index contributed by atoms with van der Waals surface area (Å²) in [5, 5.41) is 8.82. The van der Waals surface area contributed by atoms with E-state index in [0.717, 1.165) is 24.8 Å². The zero-order valence-corrected chi connectivity index (χ0v) is 31.2. The number of carbonyl (C=O) groups is 3. The van der Waals surface area contributed by atoms with E-state index in [0.29, 0.717) is 24.5 Å². The van der Waals surface area contributed by atoms with Crippen molar-refractivity contribution in [3.8, 4) is 17.5 Å². The fraction of sp³-hybridized carbons (Fsp3) is 0.514. The number of benzene rings is 2. The summed E-state index contributed by atoms with van der Waals surface area (Å²) in [6.07, 6.45) is -2.08. The molecule has 1 fully saturated rings. The standard InChI is InChI=1S/C37H46F3N7O8/c1-5-51-31(49)27-20-47(35(50)55-36(2,3)4)21-28(27)43-30(48)26-15-12-24-18-29(26)53-17-9-7-6-8-16-52-25-13-10-23(11-14-25)19-41-32-44-33(42-24)46-34(45-32)54-22-37(38,39)40/h10-15,18,27-28H,5-9,16-17,19-22H2,1-4H3,(H,43,48)(H2,41,42,44,45,46). The van der Waals surface area contributed by atoms with Crippen molar-refractivity contribution in [2.75, 3.05) is 50.2 Å². The smallest absolute Gasteiger partial charge is 0.422 e. The van der Waals surface area contributed by atoms with Gasteiger partial charge in [-0.25, -0.2) is 4.79 Å². The lowest BCUT2D eigenvalue weighted by Gasteiger charge is -2.24. The van der Waals surface area contributed by atoms with Crippen molar-refractivity contribution in [1.82, 2.24) is 25.2 Å². The molecule has 3 aliphatic rings. The average Bonchev–Trinajstić information content (AvgIpc) is 3.54. The summed E-state index contributed by atoms with van der Waals surface area (Å²) in [5.41, 5.74) is 0.536. The molecule has 6 bridgehead atoms. The van der Waals surface area contributed by atoms with E-state index in [-0.39, 0.29) is 56.1 Å². The molecule has 3 aromatic rings. The SMILES string of the molecule is CCOC(=O)C1CN(C(=O)OC(C)(C)C)CC1NC(=O)c1ccc2cc1OCCCCCCOc1ccc(cc1)CNc1nc(nc(OCC(F)(F)F)n1)N2. The molecule has 298 valence electrons. The highest BCUT2D eigenvalue weighted by molar-refractivity contribution is 5.98. The van der Waals surface area contributed by atoms with Crippen LogP contribution in [0.25, 0.3) is 0 Å². The Labute approximate surface area is 316 Å². The highest BCUT2D eigenvalue weighted by atomic mass is 19.4. The van der Waals surface area contributed by atoms with Gasteiger partial charge in [-0.2, -0.15) is 28.1 Å². The molecule has 1 saturated heterocycles. The summed E-state index contributed by atoms with van der Waals surface area (Å²) in [5.74, 6) is -1.32. The molecule has 6 rings (SSSR count). The number of nitrogens with one attached hydrogen (secondary N) is 3. The zero-order valence-electron chi connectivity index (χ0n) is 31.2. The maximum absolute atomic E-state index is 13.9. The summed E-state index contributed by atoms with van der Waals surface area (Å²) in [6.45, 7) is 6.34. The second kappa shape index (κ2) is 18.2. The highest BCUT2D eigenvalue weighted by Crippen LogP contribution is 2.29. The molecule has 2 unspecified atom stereocenters. The van der Waals surface area contributed by atoms with Crippen LogP contribution in [0, 0.1) is 5.92 Å². The molecule has 1 aromatic heterocycles. The Kier molecular flexibility index (Phi) is 13.4. The van der Waals surface area contributed by atoms with Crippen LogP contribution in [-0.4, -0.2) is 95.2 Å². The van der Waals surface area contributed by atoms with E-state index in [1.165, 1.54) is 23.1 Å². The lowest BCUT2D eigenvalue weighted by atomic mass is 10.0. The number of aromatic nitrogens is 3. The summed E-state index contributed by atoms with van der Waals surface area (Å²) in [6, 6.07) is 10.5. The number of hydrogen-bond donors (Lipinski definition) is 3. The molecule has 15 nitrogen and oxygen atoms in total. The third kappa shape index (κ3) is 12.5. The number of carbonyl (C=O) groups excluding carboxylic acids is 3. The lowest BCUT2D eigenvalue weighted by Crippen LogP contribution is -2.44. The van der Waals surface area contributed by atoms with Gasteiger partial charge in [-0.1, -0.05) is 12.1 Å². The average molecular weight is 774 g/mol. The molecule has 0 spiro atoms. The predicted octanol–water partition coefficient (Wildman–Crippen LogP) is 6.03. The van der Waals surface area contributed by atoms with Crippen molar-refractivity contribution in [1.29, 1.82) is 0 Å². The fourth-order valence-electron chi connectivity index (χ4n) is 5.71. The number of fused-ring (bicyclic) bond motifs is 10. The molecule has 2 amide bonds. The number of anilines is 3. The van der Waals surface area contributed by atoms with Gasteiger partial charge >= 0.3 is 24.2 Å².